The number of rotatable bonds is 5. The molecule has 4 rings (SSSR count). The maximum Gasteiger partial charge on any atom is 0.277 e. The van der Waals surface area contributed by atoms with Crippen LogP contribution in [-0.2, 0) is 0 Å². The van der Waals surface area contributed by atoms with E-state index in [1.165, 1.54) is 31.9 Å². The normalized spacial score (nSPS) is 16.2. The number of hydrogen-bond acceptors (Lipinski definition) is 5. The first-order chi connectivity index (χ1) is 12.2. The van der Waals surface area contributed by atoms with Gasteiger partial charge in [0.25, 0.3) is 5.91 Å². The molecule has 130 valence electrons. The van der Waals surface area contributed by atoms with Crippen LogP contribution in [0.4, 0.5) is 5.69 Å². The van der Waals surface area contributed by atoms with E-state index in [-0.39, 0.29) is 11.6 Å². The van der Waals surface area contributed by atoms with Gasteiger partial charge in [-0.2, -0.15) is 5.10 Å². The quantitative estimate of drug-likeness (QED) is 0.754. The molecule has 1 fully saturated rings. The first kappa shape index (κ1) is 15.7. The fraction of sp³-hybridized carbons (Fsp3) is 0.389. The third-order valence-corrected chi connectivity index (χ3v) is 4.87. The minimum absolute atomic E-state index is 0.197. The Balaban J connectivity index is 1.43. The highest BCUT2D eigenvalue weighted by atomic mass is 16.5. The average molecular weight is 340 g/mol. The molecule has 1 N–H and O–H groups in total. The van der Waals surface area contributed by atoms with E-state index in [1.54, 1.807) is 24.4 Å². The van der Waals surface area contributed by atoms with Crippen LogP contribution in [0.3, 0.4) is 0 Å². The van der Waals surface area contributed by atoms with E-state index in [9.17, 15) is 4.79 Å². The van der Waals surface area contributed by atoms with Crippen LogP contribution >= 0.6 is 0 Å². The summed E-state index contributed by atoms with van der Waals surface area (Å²) in [6.45, 7) is 2.18. The molecule has 3 aromatic heterocycles. The predicted octanol–water partition coefficient (Wildman–Crippen LogP) is 4.13. The van der Waals surface area contributed by atoms with Gasteiger partial charge in [0, 0.05) is 12.3 Å². The van der Waals surface area contributed by atoms with Crippen LogP contribution in [0.5, 0.6) is 0 Å². The molecular weight excluding hydrogens is 320 g/mol. The van der Waals surface area contributed by atoms with Crippen LogP contribution in [0.2, 0.25) is 0 Å². The molecule has 0 bridgehead atoms. The Hall–Kier alpha value is -2.83. The lowest BCUT2D eigenvalue weighted by atomic mass is 10.0. The van der Waals surface area contributed by atoms with E-state index >= 15 is 0 Å². The number of aromatic nitrogens is 3. The lowest BCUT2D eigenvalue weighted by Crippen LogP contribution is -2.15. The number of hydrogen-bond donors (Lipinski definition) is 1. The van der Waals surface area contributed by atoms with E-state index in [4.69, 9.17) is 8.94 Å². The molecule has 0 saturated heterocycles. The van der Waals surface area contributed by atoms with Gasteiger partial charge in [0.05, 0.1) is 24.2 Å². The van der Waals surface area contributed by atoms with E-state index in [0.29, 0.717) is 29.2 Å². The summed E-state index contributed by atoms with van der Waals surface area (Å²) in [5.41, 5.74) is 0.848. The monoisotopic (exact) mass is 340 g/mol. The Morgan fingerprint density at radius 1 is 1.36 bits per heavy atom. The van der Waals surface area contributed by atoms with Crippen molar-refractivity contribution < 1.29 is 13.7 Å². The van der Waals surface area contributed by atoms with Gasteiger partial charge >= 0.3 is 0 Å². The van der Waals surface area contributed by atoms with Crippen molar-refractivity contribution in [2.24, 2.45) is 5.92 Å². The molecule has 1 aliphatic carbocycles. The molecule has 0 radical (unpaired) electrons. The molecule has 1 saturated carbocycles. The highest BCUT2D eigenvalue weighted by Gasteiger charge is 2.23. The third-order valence-electron chi connectivity index (χ3n) is 4.87. The maximum atomic E-state index is 12.3. The Morgan fingerprint density at radius 3 is 2.96 bits per heavy atom. The van der Waals surface area contributed by atoms with Gasteiger partial charge in [-0.05, 0) is 37.8 Å². The Kier molecular flexibility index (Phi) is 4.13. The van der Waals surface area contributed by atoms with Crippen LogP contribution in [0.1, 0.15) is 49.1 Å². The highest BCUT2D eigenvalue weighted by Crippen LogP contribution is 2.34. The zero-order valence-electron chi connectivity index (χ0n) is 14.0. The Labute approximate surface area is 145 Å². The van der Waals surface area contributed by atoms with Crippen molar-refractivity contribution >= 4 is 11.6 Å². The summed E-state index contributed by atoms with van der Waals surface area (Å²) < 4.78 is 12.3. The lowest BCUT2D eigenvalue weighted by molar-refractivity contribution is 0.101. The number of carbonyl (C=O) groups is 1. The fourth-order valence-corrected chi connectivity index (χ4v) is 3.39. The molecule has 1 unspecified atom stereocenters. The Morgan fingerprint density at radius 2 is 2.20 bits per heavy atom. The summed E-state index contributed by atoms with van der Waals surface area (Å²) in [6, 6.07) is 5.39. The van der Waals surface area contributed by atoms with E-state index in [2.05, 4.69) is 22.5 Å². The van der Waals surface area contributed by atoms with Crippen molar-refractivity contribution in [3.8, 4) is 11.5 Å². The number of nitrogens with one attached hydrogen (secondary N) is 1. The summed E-state index contributed by atoms with van der Waals surface area (Å²) in [4.78, 5) is 12.3. The number of nitrogens with zero attached hydrogens (tertiary/aromatic N) is 3. The van der Waals surface area contributed by atoms with Gasteiger partial charge in [-0.15, -0.1) is 0 Å². The van der Waals surface area contributed by atoms with Gasteiger partial charge in [-0.3, -0.25) is 9.48 Å². The average Bonchev–Trinajstić information content (AvgIpc) is 3.42. The number of anilines is 1. The molecule has 0 spiro atoms. The minimum atomic E-state index is -0.338. The van der Waals surface area contributed by atoms with E-state index in [1.807, 2.05) is 10.9 Å². The molecular formula is C18H20N4O3. The van der Waals surface area contributed by atoms with Gasteiger partial charge in [-0.25, -0.2) is 0 Å². The van der Waals surface area contributed by atoms with Crippen molar-refractivity contribution in [2.75, 3.05) is 5.32 Å². The molecule has 7 heteroatoms. The third kappa shape index (κ3) is 3.22. The van der Waals surface area contributed by atoms with Crippen LogP contribution in [0.15, 0.2) is 45.8 Å². The molecule has 7 nitrogen and oxygen atoms in total. The standard InChI is InChI=1S/C18H20N4O3/c1-12(13-5-2-3-6-13)22-11-14(10-19-22)20-18(23)15-9-17(25-21-15)16-7-4-8-24-16/h4,7-13H,2-3,5-6H2,1H3,(H,20,23). The van der Waals surface area contributed by atoms with Crippen LogP contribution in [0.25, 0.3) is 11.5 Å². The van der Waals surface area contributed by atoms with Crippen LogP contribution < -0.4 is 5.32 Å². The van der Waals surface area contributed by atoms with Crippen LogP contribution in [-0.4, -0.2) is 20.8 Å². The SMILES string of the molecule is CC(C1CCCC1)n1cc(NC(=O)c2cc(-c3ccco3)on2)cn1. The number of furan rings is 1. The van der Waals surface area contributed by atoms with Crippen molar-refractivity contribution in [1.82, 2.24) is 14.9 Å². The molecule has 0 aliphatic heterocycles. The molecule has 0 aromatic carbocycles. The summed E-state index contributed by atoms with van der Waals surface area (Å²) in [6.07, 6.45) is 10.2. The van der Waals surface area contributed by atoms with Gasteiger partial charge in [-0.1, -0.05) is 18.0 Å². The van der Waals surface area contributed by atoms with Crippen molar-refractivity contribution in [3.05, 3.63) is 42.5 Å². The Bertz CT molecular complexity index is 843. The summed E-state index contributed by atoms with van der Waals surface area (Å²) in [5.74, 6) is 1.27. The molecule has 3 aromatic rings. The molecule has 1 atom stereocenters. The van der Waals surface area contributed by atoms with Gasteiger partial charge < -0.3 is 14.3 Å². The zero-order valence-corrected chi connectivity index (χ0v) is 14.0. The molecule has 3 heterocycles. The summed E-state index contributed by atoms with van der Waals surface area (Å²) in [7, 11) is 0. The molecule has 25 heavy (non-hydrogen) atoms. The van der Waals surface area contributed by atoms with E-state index in [0.717, 1.165) is 0 Å². The molecule has 1 amide bonds. The zero-order chi connectivity index (χ0) is 17.2. The fourth-order valence-electron chi connectivity index (χ4n) is 3.39. The highest BCUT2D eigenvalue weighted by molar-refractivity contribution is 6.03. The number of amides is 1. The van der Waals surface area contributed by atoms with Crippen molar-refractivity contribution in [2.45, 2.75) is 38.6 Å². The second-order valence-electron chi connectivity index (χ2n) is 6.50. The largest absolute Gasteiger partial charge is 0.461 e. The van der Waals surface area contributed by atoms with Gasteiger partial charge in [0.2, 0.25) is 5.76 Å². The van der Waals surface area contributed by atoms with Gasteiger partial charge in [0.1, 0.15) is 0 Å². The first-order valence-corrected chi connectivity index (χ1v) is 8.57. The maximum absolute atomic E-state index is 12.3. The van der Waals surface area contributed by atoms with Gasteiger partial charge in [0.15, 0.2) is 11.5 Å². The summed E-state index contributed by atoms with van der Waals surface area (Å²) >= 11 is 0. The lowest BCUT2D eigenvalue weighted by Gasteiger charge is -2.18. The minimum Gasteiger partial charge on any atom is -0.461 e. The van der Waals surface area contributed by atoms with Crippen LogP contribution in [0, 0.1) is 5.92 Å². The second kappa shape index (κ2) is 6.58. The second-order valence-corrected chi connectivity index (χ2v) is 6.50. The number of carbonyl (C=O) groups excluding carboxylic acids is 1. The topological polar surface area (TPSA) is 86.1 Å². The molecule has 1 aliphatic rings. The first-order valence-electron chi connectivity index (χ1n) is 8.57. The van der Waals surface area contributed by atoms with E-state index < -0.39 is 0 Å². The van der Waals surface area contributed by atoms with Crippen molar-refractivity contribution in [3.63, 3.8) is 0 Å². The predicted molar refractivity (Wildman–Crippen MR) is 91.1 cm³/mol. The smallest absolute Gasteiger partial charge is 0.277 e. The summed E-state index contributed by atoms with van der Waals surface area (Å²) in [5, 5.41) is 11.0. The van der Waals surface area contributed by atoms with Crippen molar-refractivity contribution in [1.29, 1.82) is 0 Å².